The van der Waals surface area contributed by atoms with Gasteiger partial charge in [-0.15, -0.1) is 0 Å². The van der Waals surface area contributed by atoms with Gasteiger partial charge in [0.05, 0.1) is 5.69 Å². The summed E-state index contributed by atoms with van der Waals surface area (Å²) in [7, 11) is 0. The van der Waals surface area contributed by atoms with Gasteiger partial charge in [-0.2, -0.15) is 0 Å². The first kappa shape index (κ1) is 15.5. The highest BCUT2D eigenvalue weighted by Gasteiger charge is 2.29. The fourth-order valence-electron chi connectivity index (χ4n) is 3.88. The third-order valence-electron chi connectivity index (χ3n) is 5.09. The van der Waals surface area contributed by atoms with Crippen molar-refractivity contribution in [2.24, 2.45) is 0 Å². The van der Waals surface area contributed by atoms with Crippen molar-refractivity contribution in [2.45, 2.75) is 12.3 Å². The lowest BCUT2D eigenvalue weighted by Crippen LogP contribution is -2.15. The minimum atomic E-state index is 0.214. The molecule has 0 radical (unpaired) electrons. The number of anilines is 1. The maximum Gasteiger partial charge on any atom is 0.133 e. The first-order valence-electron chi connectivity index (χ1n) is 8.44. The SMILES string of the molecule is Nc1nc2c(c3ccncc13)C(c1ccc(Br)cc1)Cc1ccncc1-2. The Morgan fingerprint density at radius 2 is 1.69 bits per heavy atom. The Hall–Kier alpha value is -2.79. The lowest BCUT2D eigenvalue weighted by molar-refractivity contribution is 0.792. The van der Waals surface area contributed by atoms with E-state index in [1.165, 1.54) is 16.7 Å². The number of nitrogens with zero attached hydrogens (tertiary/aromatic N) is 3. The quantitative estimate of drug-likeness (QED) is 0.499. The van der Waals surface area contributed by atoms with Crippen molar-refractivity contribution in [1.29, 1.82) is 0 Å². The summed E-state index contributed by atoms with van der Waals surface area (Å²) >= 11 is 3.53. The Labute approximate surface area is 159 Å². The number of hydrogen-bond donors (Lipinski definition) is 1. The van der Waals surface area contributed by atoms with E-state index in [9.17, 15) is 0 Å². The number of nitrogens with two attached hydrogens (primary N) is 1. The molecule has 0 saturated heterocycles. The zero-order chi connectivity index (χ0) is 17.7. The van der Waals surface area contributed by atoms with E-state index in [4.69, 9.17) is 10.7 Å². The highest BCUT2D eigenvalue weighted by molar-refractivity contribution is 9.10. The minimum absolute atomic E-state index is 0.214. The lowest BCUT2D eigenvalue weighted by Gasteiger charge is -2.29. The predicted octanol–water partition coefficient (Wildman–Crippen LogP) is 4.72. The molecule has 1 aromatic carbocycles. The maximum atomic E-state index is 6.26. The van der Waals surface area contributed by atoms with Crippen LogP contribution in [-0.2, 0) is 6.42 Å². The van der Waals surface area contributed by atoms with Crippen LogP contribution in [-0.4, -0.2) is 15.0 Å². The van der Waals surface area contributed by atoms with Gasteiger partial charge in [-0.3, -0.25) is 9.97 Å². The summed E-state index contributed by atoms with van der Waals surface area (Å²) in [6.07, 6.45) is 8.27. The van der Waals surface area contributed by atoms with Gasteiger partial charge < -0.3 is 5.73 Å². The molecule has 2 N–H and O–H groups in total. The standard InChI is InChI=1S/C21H15BrN4/c22-14-3-1-12(2-4-14)16-9-13-5-7-24-10-17(13)20-19(16)15-6-8-25-11-18(15)21(23)26-20/h1-8,10-11,16H,9H2,(H2,23,26). The average Bonchev–Trinajstić information content (AvgIpc) is 2.68. The van der Waals surface area contributed by atoms with E-state index in [-0.39, 0.29) is 5.92 Å². The Balaban J connectivity index is 1.86. The van der Waals surface area contributed by atoms with Crippen molar-refractivity contribution in [3.63, 3.8) is 0 Å². The van der Waals surface area contributed by atoms with Crippen LogP contribution < -0.4 is 5.73 Å². The second kappa shape index (κ2) is 5.88. The second-order valence-corrected chi connectivity index (χ2v) is 7.44. The monoisotopic (exact) mass is 402 g/mol. The Kier molecular flexibility index (Phi) is 3.50. The molecule has 1 aliphatic carbocycles. The van der Waals surface area contributed by atoms with Crippen LogP contribution >= 0.6 is 15.9 Å². The van der Waals surface area contributed by atoms with Crippen LogP contribution in [0, 0.1) is 0 Å². The first-order chi connectivity index (χ1) is 12.7. The molecular formula is C21H15BrN4. The zero-order valence-corrected chi connectivity index (χ0v) is 15.4. The van der Waals surface area contributed by atoms with E-state index in [0.717, 1.165) is 32.9 Å². The van der Waals surface area contributed by atoms with Gasteiger partial charge in [0.25, 0.3) is 0 Å². The molecule has 26 heavy (non-hydrogen) atoms. The number of nitrogen functional groups attached to an aromatic ring is 1. The number of aromatic nitrogens is 3. The van der Waals surface area contributed by atoms with Gasteiger partial charge in [-0.1, -0.05) is 28.1 Å². The van der Waals surface area contributed by atoms with E-state index >= 15 is 0 Å². The smallest absolute Gasteiger partial charge is 0.133 e. The van der Waals surface area contributed by atoms with Crippen molar-refractivity contribution in [2.75, 3.05) is 5.73 Å². The predicted molar refractivity (Wildman–Crippen MR) is 107 cm³/mol. The summed E-state index contributed by atoms with van der Waals surface area (Å²) in [6.45, 7) is 0. The summed E-state index contributed by atoms with van der Waals surface area (Å²) in [5.74, 6) is 0.726. The van der Waals surface area contributed by atoms with Gasteiger partial charge in [0.1, 0.15) is 5.82 Å². The normalized spacial score (nSPS) is 15.5. The van der Waals surface area contributed by atoms with Crippen LogP contribution in [0.15, 0.2) is 65.7 Å². The third-order valence-corrected chi connectivity index (χ3v) is 5.61. The van der Waals surface area contributed by atoms with Crippen LogP contribution in [0.3, 0.4) is 0 Å². The zero-order valence-electron chi connectivity index (χ0n) is 13.9. The van der Waals surface area contributed by atoms with Crippen molar-refractivity contribution in [3.05, 3.63) is 82.3 Å². The molecule has 3 heterocycles. The lowest BCUT2D eigenvalue weighted by atomic mass is 9.76. The highest BCUT2D eigenvalue weighted by atomic mass is 79.9. The van der Waals surface area contributed by atoms with Crippen molar-refractivity contribution >= 4 is 32.5 Å². The van der Waals surface area contributed by atoms with E-state index in [1.54, 1.807) is 6.20 Å². The summed E-state index contributed by atoms with van der Waals surface area (Å²) in [4.78, 5) is 13.3. The van der Waals surface area contributed by atoms with Crippen LogP contribution in [0.5, 0.6) is 0 Å². The number of halogens is 1. The summed E-state index contributed by atoms with van der Waals surface area (Å²) in [6, 6.07) is 12.7. The fraction of sp³-hybridized carbons (Fsp3) is 0.0952. The first-order valence-corrected chi connectivity index (χ1v) is 9.23. The molecule has 3 aromatic heterocycles. The third kappa shape index (κ3) is 2.31. The van der Waals surface area contributed by atoms with Gasteiger partial charge in [-0.05, 0) is 52.8 Å². The van der Waals surface area contributed by atoms with E-state index in [1.807, 2.05) is 24.7 Å². The topological polar surface area (TPSA) is 64.7 Å². The van der Waals surface area contributed by atoms with Crippen LogP contribution in [0.25, 0.3) is 22.0 Å². The molecule has 0 saturated carbocycles. The van der Waals surface area contributed by atoms with Gasteiger partial charge in [0.2, 0.25) is 0 Å². The number of rotatable bonds is 1. The Bertz CT molecular complexity index is 1140. The van der Waals surface area contributed by atoms with Crippen molar-refractivity contribution in [3.8, 4) is 11.3 Å². The second-order valence-electron chi connectivity index (χ2n) is 6.52. The summed E-state index contributed by atoms with van der Waals surface area (Å²) in [5.41, 5.74) is 12.0. The molecule has 0 bridgehead atoms. The molecule has 1 aliphatic rings. The number of hydrogen-bond acceptors (Lipinski definition) is 4. The van der Waals surface area contributed by atoms with Crippen LogP contribution in [0.4, 0.5) is 5.82 Å². The molecular weight excluding hydrogens is 388 g/mol. The highest BCUT2D eigenvalue weighted by Crippen LogP contribution is 2.45. The number of benzene rings is 1. The summed E-state index contributed by atoms with van der Waals surface area (Å²) in [5, 5.41) is 2.02. The van der Waals surface area contributed by atoms with Gasteiger partial charge in [0.15, 0.2) is 0 Å². The van der Waals surface area contributed by atoms with E-state index in [0.29, 0.717) is 5.82 Å². The number of fused-ring (bicyclic) bond motifs is 5. The fourth-order valence-corrected chi connectivity index (χ4v) is 4.14. The molecule has 5 heteroatoms. The van der Waals surface area contributed by atoms with Crippen LogP contribution in [0.2, 0.25) is 0 Å². The molecule has 4 aromatic rings. The molecule has 126 valence electrons. The molecule has 0 spiro atoms. The van der Waals surface area contributed by atoms with Gasteiger partial charge >= 0.3 is 0 Å². The van der Waals surface area contributed by atoms with E-state index < -0.39 is 0 Å². The van der Waals surface area contributed by atoms with E-state index in [2.05, 4.69) is 56.2 Å². The maximum absolute atomic E-state index is 6.26. The molecule has 0 fully saturated rings. The van der Waals surface area contributed by atoms with Gasteiger partial charge in [-0.25, -0.2) is 4.98 Å². The molecule has 1 unspecified atom stereocenters. The molecule has 1 atom stereocenters. The molecule has 5 rings (SSSR count). The molecule has 0 amide bonds. The summed E-state index contributed by atoms with van der Waals surface area (Å²) < 4.78 is 1.08. The van der Waals surface area contributed by atoms with Crippen molar-refractivity contribution in [1.82, 2.24) is 15.0 Å². The molecule has 4 nitrogen and oxygen atoms in total. The molecule has 0 aliphatic heterocycles. The van der Waals surface area contributed by atoms with Crippen LogP contribution in [0.1, 0.15) is 22.6 Å². The Morgan fingerprint density at radius 3 is 2.54 bits per heavy atom. The minimum Gasteiger partial charge on any atom is -0.383 e. The van der Waals surface area contributed by atoms with Gasteiger partial charge in [0, 0.05) is 46.1 Å². The van der Waals surface area contributed by atoms with Crippen molar-refractivity contribution < 1.29 is 0 Å². The average molecular weight is 403 g/mol. The largest absolute Gasteiger partial charge is 0.383 e. The number of pyridine rings is 3. The Morgan fingerprint density at radius 1 is 0.923 bits per heavy atom.